The number of carbonyl (C=O) groups excluding carboxylic acids is 1. The van der Waals surface area contributed by atoms with Gasteiger partial charge in [0.15, 0.2) is 5.82 Å². The van der Waals surface area contributed by atoms with Gasteiger partial charge in [0.1, 0.15) is 0 Å². The van der Waals surface area contributed by atoms with E-state index in [1.54, 1.807) is 27.7 Å². The summed E-state index contributed by atoms with van der Waals surface area (Å²) in [5.74, 6) is 0.338. The van der Waals surface area contributed by atoms with Crippen LogP contribution >= 0.6 is 39.1 Å². The van der Waals surface area contributed by atoms with E-state index in [0.717, 1.165) is 11.3 Å². The molecule has 0 atom stereocenters. The Kier molecular flexibility index (Phi) is 6.01. The number of rotatable bonds is 6. The summed E-state index contributed by atoms with van der Waals surface area (Å²) in [6, 6.07) is 7.22. The highest BCUT2D eigenvalue weighted by Crippen LogP contribution is 2.24. The molecule has 0 aliphatic carbocycles. The second kappa shape index (κ2) is 8.24. The molecule has 1 amide bonds. The number of aryl methyl sites for hydroxylation is 2. The van der Waals surface area contributed by atoms with Gasteiger partial charge in [0.25, 0.3) is 0 Å². The van der Waals surface area contributed by atoms with Crippen molar-refractivity contribution < 1.29 is 4.79 Å². The number of amides is 1. The van der Waals surface area contributed by atoms with Crippen LogP contribution in [0.4, 0.5) is 5.82 Å². The molecule has 2 aromatic heterocycles. The number of aromatic nitrogens is 4. The van der Waals surface area contributed by atoms with Crippen molar-refractivity contribution in [1.29, 1.82) is 0 Å². The predicted octanol–water partition coefficient (Wildman–Crippen LogP) is 4.53. The molecule has 9 heteroatoms. The fourth-order valence-corrected chi connectivity index (χ4v) is 3.27. The summed E-state index contributed by atoms with van der Waals surface area (Å²) < 4.78 is 4.14. The molecule has 0 saturated carbocycles. The lowest BCUT2D eigenvalue weighted by atomic mass is 10.2. The number of hydrogen-bond acceptors (Lipinski definition) is 3. The molecule has 0 aliphatic rings. The molecule has 0 radical (unpaired) electrons. The second-order valence-electron chi connectivity index (χ2n) is 5.78. The average molecular weight is 457 g/mol. The maximum absolute atomic E-state index is 12.1. The van der Waals surface area contributed by atoms with E-state index >= 15 is 0 Å². The van der Waals surface area contributed by atoms with Gasteiger partial charge in [-0.1, -0.05) is 29.3 Å². The molecule has 0 unspecified atom stereocenters. The number of nitrogens with one attached hydrogen (secondary N) is 1. The van der Waals surface area contributed by atoms with Crippen molar-refractivity contribution in [1.82, 2.24) is 19.6 Å². The Bertz CT molecular complexity index is 937. The molecule has 0 fully saturated rings. The van der Waals surface area contributed by atoms with Gasteiger partial charge in [-0.05, 0) is 46.6 Å². The van der Waals surface area contributed by atoms with Crippen molar-refractivity contribution in [2.75, 3.05) is 5.32 Å². The third kappa shape index (κ3) is 4.87. The van der Waals surface area contributed by atoms with Gasteiger partial charge in [-0.15, -0.1) is 0 Å². The number of hydrogen-bond donors (Lipinski definition) is 1. The van der Waals surface area contributed by atoms with E-state index in [0.29, 0.717) is 39.8 Å². The highest BCUT2D eigenvalue weighted by Gasteiger charge is 2.12. The quantitative estimate of drug-likeness (QED) is 0.592. The Hall–Kier alpha value is -1.83. The molecule has 136 valence electrons. The van der Waals surface area contributed by atoms with Crippen LogP contribution in [0.3, 0.4) is 0 Å². The zero-order valence-electron chi connectivity index (χ0n) is 13.9. The molecular weight excluding hydrogens is 441 g/mol. The first kappa shape index (κ1) is 18.9. The van der Waals surface area contributed by atoms with E-state index in [2.05, 4.69) is 31.4 Å². The monoisotopic (exact) mass is 455 g/mol. The number of halogens is 3. The van der Waals surface area contributed by atoms with Crippen LogP contribution in [-0.2, 0) is 17.9 Å². The van der Waals surface area contributed by atoms with Gasteiger partial charge in [0.2, 0.25) is 5.91 Å². The summed E-state index contributed by atoms with van der Waals surface area (Å²) in [5.41, 5.74) is 1.81. The Morgan fingerprint density at radius 3 is 2.73 bits per heavy atom. The molecule has 0 bridgehead atoms. The Morgan fingerprint density at radius 1 is 1.23 bits per heavy atom. The normalized spacial score (nSPS) is 10.9. The topological polar surface area (TPSA) is 64.7 Å². The van der Waals surface area contributed by atoms with Gasteiger partial charge in [-0.3, -0.25) is 14.2 Å². The van der Waals surface area contributed by atoms with Gasteiger partial charge in [0.05, 0.1) is 16.7 Å². The summed E-state index contributed by atoms with van der Waals surface area (Å²) in [5, 5.41) is 12.6. The maximum atomic E-state index is 12.1. The van der Waals surface area contributed by atoms with Crippen LogP contribution in [0.25, 0.3) is 0 Å². The summed E-state index contributed by atoms with van der Waals surface area (Å²) in [7, 11) is 0. The first-order chi connectivity index (χ1) is 12.4. The van der Waals surface area contributed by atoms with Gasteiger partial charge >= 0.3 is 0 Å². The molecule has 6 nitrogen and oxygen atoms in total. The van der Waals surface area contributed by atoms with E-state index in [1.807, 2.05) is 25.3 Å². The Morgan fingerprint density at radius 2 is 2.04 bits per heavy atom. The molecule has 0 aliphatic heterocycles. The van der Waals surface area contributed by atoms with Gasteiger partial charge in [0, 0.05) is 35.4 Å². The smallest absolute Gasteiger partial charge is 0.227 e. The Balaban J connectivity index is 1.61. The minimum absolute atomic E-state index is 0.131. The minimum atomic E-state index is -0.131. The fourth-order valence-electron chi connectivity index (χ4n) is 2.39. The van der Waals surface area contributed by atoms with E-state index in [9.17, 15) is 4.79 Å². The average Bonchev–Trinajstić information content (AvgIpc) is 3.14. The molecule has 3 aromatic rings. The lowest BCUT2D eigenvalue weighted by Gasteiger charge is -2.05. The molecule has 3 rings (SSSR count). The number of carbonyl (C=O) groups is 1. The molecule has 1 aromatic carbocycles. The second-order valence-corrected chi connectivity index (χ2v) is 7.48. The van der Waals surface area contributed by atoms with Crippen LogP contribution in [0.15, 0.2) is 41.1 Å². The standard InChI is InChI=1S/C17H16BrCl2N5O/c1-11-4-6-24(22-11)7-5-16(26)21-17-14(18)10-25(23-17)9-12-2-3-13(19)8-15(12)20/h2-4,6,8,10H,5,7,9H2,1H3,(H,21,23,26). The Labute approximate surface area is 169 Å². The number of anilines is 1. The molecule has 0 spiro atoms. The third-order valence-electron chi connectivity index (χ3n) is 3.66. The highest BCUT2D eigenvalue weighted by atomic mass is 79.9. The van der Waals surface area contributed by atoms with Crippen LogP contribution in [0.1, 0.15) is 17.7 Å². The summed E-state index contributed by atoms with van der Waals surface area (Å²) >= 11 is 15.5. The van der Waals surface area contributed by atoms with Gasteiger partial charge in [-0.2, -0.15) is 10.2 Å². The lowest BCUT2D eigenvalue weighted by molar-refractivity contribution is -0.116. The largest absolute Gasteiger partial charge is 0.308 e. The van der Waals surface area contributed by atoms with Crippen LogP contribution < -0.4 is 5.32 Å². The summed E-state index contributed by atoms with van der Waals surface area (Å²) in [6.07, 6.45) is 3.95. The molecule has 2 heterocycles. The summed E-state index contributed by atoms with van der Waals surface area (Å²) in [6.45, 7) is 2.89. The predicted molar refractivity (Wildman–Crippen MR) is 106 cm³/mol. The van der Waals surface area contributed by atoms with Crippen molar-refractivity contribution in [2.45, 2.75) is 26.4 Å². The van der Waals surface area contributed by atoms with Crippen molar-refractivity contribution in [2.24, 2.45) is 0 Å². The summed E-state index contributed by atoms with van der Waals surface area (Å²) in [4.78, 5) is 12.1. The van der Waals surface area contributed by atoms with Crippen molar-refractivity contribution in [3.8, 4) is 0 Å². The van der Waals surface area contributed by atoms with E-state index in [4.69, 9.17) is 23.2 Å². The molecule has 0 saturated heterocycles. The first-order valence-corrected chi connectivity index (χ1v) is 9.42. The van der Waals surface area contributed by atoms with Crippen LogP contribution in [0, 0.1) is 6.92 Å². The molecule has 1 N–H and O–H groups in total. The SMILES string of the molecule is Cc1ccn(CCC(=O)Nc2nn(Cc3ccc(Cl)cc3Cl)cc2Br)n1. The molecular formula is C17H16BrCl2N5O. The minimum Gasteiger partial charge on any atom is -0.308 e. The number of benzene rings is 1. The zero-order valence-corrected chi connectivity index (χ0v) is 17.0. The number of nitrogens with zero attached hydrogens (tertiary/aromatic N) is 4. The van der Waals surface area contributed by atoms with Crippen molar-refractivity contribution >= 4 is 50.9 Å². The van der Waals surface area contributed by atoms with Gasteiger partial charge in [-0.25, -0.2) is 0 Å². The van der Waals surface area contributed by atoms with E-state index in [1.165, 1.54) is 0 Å². The van der Waals surface area contributed by atoms with Crippen LogP contribution in [0.5, 0.6) is 0 Å². The lowest BCUT2D eigenvalue weighted by Crippen LogP contribution is -2.15. The first-order valence-electron chi connectivity index (χ1n) is 7.87. The van der Waals surface area contributed by atoms with E-state index in [-0.39, 0.29) is 5.91 Å². The zero-order chi connectivity index (χ0) is 18.7. The van der Waals surface area contributed by atoms with Crippen molar-refractivity contribution in [3.63, 3.8) is 0 Å². The molecule has 26 heavy (non-hydrogen) atoms. The van der Waals surface area contributed by atoms with Gasteiger partial charge < -0.3 is 5.32 Å². The van der Waals surface area contributed by atoms with Crippen molar-refractivity contribution in [3.05, 3.63) is 62.4 Å². The maximum Gasteiger partial charge on any atom is 0.227 e. The highest BCUT2D eigenvalue weighted by molar-refractivity contribution is 9.10. The third-order valence-corrected chi connectivity index (χ3v) is 4.83. The fraction of sp³-hybridized carbons (Fsp3) is 0.235. The van der Waals surface area contributed by atoms with E-state index < -0.39 is 0 Å². The van der Waals surface area contributed by atoms with Crippen LogP contribution in [0.2, 0.25) is 10.0 Å². The van der Waals surface area contributed by atoms with Crippen LogP contribution in [-0.4, -0.2) is 25.5 Å².